The van der Waals surface area contributed by atoms with Crippen molar-refractivity contribution in [2.45, 2.75) is 26.3 Å². The number of nitrogens with one attached hydrogen (secondary N) is 1. The van der Waals surface area contributed by atoms with Crippen molar-refractivity contribution in [2.75, 3.05) is 5.32 Å². The molecule has 0 atom stereocenters. The molecule has 0 saturated carbocycles. The lowest BCUT2D eigenvalue weighted by Gasteiger charge is -2.11. The summed E-state index contributed by atoms with van der Waals surface area (Å²) >= 11 is 0. The molecule has 2 nitrogen and oxygen atoms in total. The zero-order valence-electron chi connectivity index (χ0n) is 11.6. The van der Waals surface area contributed by atoms with Crippen LogP contribution < -0.4 is 10.1 Å². The van der Waals surface area contributed by atoms with E-state index in [-0.39, 0.29) is 5.75 Å². The monoisotopic (exact) mass is 295 g/mol. The molecule has 0 heterocycles. The summed E-state index contributed by atoms with van der Waals surface area (Å²) in [7, 11) is 0. The van der Waals surface area contributed by atoms with E-state index in [2.05, 4.69) is 17.0 Å². The number of ether oxygens (including phenoxy) is 1. The Bertz CT molecular complexity index is 579. The molecule has 0 radical (unpaired) electrons. The van der Waals surface area contributed by atoms with E-state index in [4.69, 9.17) is 0 Å². The zero-order valence-corrected chi connectivity index (χ0v) is 11.6. The van der Waals surface area contributed by atoms with Crippen LogP contribution >= 0.6 is 0 Å². The zero-order chi connectivity index (χ0) is 15.3. The number of halogens is 3. The summed E-state index contributed by atoms with van der Waals surface area (Å²) in [5.74, 6) is -0.228. The average molecular weight is 295 g/mol. The van der Waals surface area contributed by atoms with Gasteiger partial charge in [0.1, 0.15) is 5.75 Å². The van der Waals surface area contributed by atoms with Gasteiger partial charge in [-0.15, -0.1) is 13.2 Å². The van der Waals surface area contributed by atoms with Crippen LogP contribution in [-0.2, 0) is 13.0 Å². The Labute approximate surface area is 121 Å². The SMILES string of the molecule is CCc1ccc(CNc2cccc(OC(F)(F)F)c2)cc1. The Morgan fingerprint density at radius 1 is 1.00 bits per heavy atom. The summed E-state index contributed by atoms with van der Waals surface area (Å²) in [6.45, 7) is 2.62. The number of aryl methyl sites for hydroxylation is 1. The molecule has 0 saturated heterocycles. The molecule has 112 valence electrons. The van der Waals surface area contributed by atoms with Gasteiger partial charge in [0.05, 0.1) is 0 Å². The molecule has 0 spiro atoms. The lowest BCUT2D eigenvalue weighted by Crippen LogP contribution is -2.17. The molecule has 1 N–H and O–H groups in total. The Kier molecular flexibility index (Phi) is 4.73. The highest BCUT2D eigenvalue weighted by atomic mass is 19.4. The van der Waals surface area contributed by atoms with Crippen LogP contribution in [0.5, 0.6) is 5.75 Å². The minimum atomic E-state index is -4.67. The number of hydrogen-bond donors (Lipinski definition) is 1. The second kappa shape index (κ2) is 6.52. The van der Waals surface area contributed by atoms with Gasteiger partial charge >= 0.3 is 6.36 Å². The first-order valence-corrected chi connectivity index (χ1v) is 6.64. The second-order valence-electron chi connectivity index (χ2n) is 4.60. The van der Waals surface area contributed by atoms with E-state index in [9.17, 15) is 13.2 Å². The van der Waals surface area contributed by atoms with Gasteiger partial charge in [-0.3, -0.25) is 0 Å². The molecule has 0 fully saturated rings. The lowest BCUT2D eigenvalue weighted by atomic mass is 10.1. The van der Waals surface area contributed by atoms with E-state index in [1.165, 1.54) is 23.8 Å². The predicted octanol–water partition coefficient (Wildman–Crippen LogP) is 4.76. The van der Waals surface area contributed by atoms with Crippen LogP contribution in [0.15, 0.2) is 48.5 Å². The van der Waals surface area contributed by atoms with Crippen LogP contribution in [0.4, 0.5) is 18.9 Å². The van der Waals surface area contributed by atoms with Gasteiger partial charge in [0.2, 0.25) is 0 Å². The molecule has 21 heavy (non-hydrogen) atoms. The summed E-state index contributed by atoms with van der Waals surface area (Å²) in [5.41, 5.74) is 2.89. The smallest absolute Gasteiger partial charge is 0.406 e. The number of rotatable bonds is 5. The quantitative estimate of drug-likeness (QED) is 0.858. The molecule has 5 heteroatoms. The maximum atomic E-state index is 12.2. The molecule has 0 aliphatic rings. The summed E-state index contributed by atoms with van der Waals surface area (Å²) in [6.07, 6.45) is -3.70. The topological polar surface area (TPSA) is 21.3 Å². The van der Waals surface area contributed by atoms with Gasteiger partial charge in [-0.25, -0.2) is 0 Å². The van der Waals surface area contributed by atoms with Crippen LogP contribution in [0.3, 0.4) is 0 Å². The van der Waals surface area contributed by atoms with Gasteiger partial charge in [0.25, 0.3) is 0 Å². The number of anilines is 1. The highest BCUT2D eigenvalue weighted by molar-refractivity contribution is 5.48. The van der Waals surface area contributed by atoms with E-state index >= 15 is 0 Å². The standard InChI is InChI=1S/C16H16F3NO/c1-2-12-6-8-13(9-7-12)11-20-14-4-3-5-15(10-14)21-16(17,18)19/h3-10,20H,2,11H2,1H3. The molecule has 0 aliphatic heterocycles. The van der Waals surface area contributed by atoms with Crippen molar-refractivity contribution in [1.82, 2.24) is 0 Å². The molecule has 0 amide bonds. The summed E-state index contributed by atoms with van der Waals surface area (Å²) in [5, 5.41) is 3.08. The molecule has 0 bridgehead atoms. The van der Waals surface area contributed by atoms with Gasteiger partial charge in [-0.05, 0) is 29.7 Å². The van der Waals surface area contributed by atoms with Crippen LogP contribution in [0.2, 0.25) is 0 Å². The fraction of sp³-hybridized carbons (Fsp3) is 0.250. The molecular formula is C16H16F3NO. The van der Waals surface area contributed by atoms with E-state index in [1.807, 2.05) is 24.3 Å². The largest absolute Gasteiger partial charge is 0.573 e. The molecule has 2 rings (SSSR count). The molecular weight excluding hydrogens is 279 g/mol. The van der Waals surface area contributed by atoms with Crippen molar-refractivity contribution < 1.29 is 17.9 Å². The first-order chi connectivity index (χ1) is 9.96. The first-order valence-electron chi connectivity index (χ1n) is 6.64. The second-order valence-corrected chi connectivity index (χ2v) is 4.60. The minimum absolute atomic E-state index is 0.228. The molecule has 2 aromatic rings. The Hall–Kier alpha value is -2.17. The third-order valence-electron chi connectivity index (χ3n) is 3.00. The average Bonchev–Trinajstić information content (AvgIpc) is 2.44. The van der Waals surface area contributed by atoms with Crippen molar-refractivity contribution in [3.8, 4) is 5.75 Å². The molecule has 0 unspecified atom stereocenters. The van der Waals surface area contributed by atoms with Gasteiger partial charge in [-0.1, -0.05) is 37.3 Å². The third kappa shape index (κ3) is 5.02. The van der Waals surface area contributed by atoms with Crippen LogP contribution in [0.25, 0.3) is 0 Å². The van der Waals surface area contributed by atoms with E-state index in [1.54, 1.807) is 6.07 Å². The Morgan fingerprint density at radius 3 is 2.29 bits per heavy atom. The predicted molar refractivity (Wildman–Crippen MR) is 76.3 cm³/mol. The van der Waals surface area contributed by atoms with Crippen molar-refractivity contribution in [2.24, 2.45) is 0 Å². The normalized spacial score (nSPS) is 11.2. The minimum Gasteiger partial charge on any atom is -0.406 e. The fourth-order valence-electron chi connectivity index (χ4n) is 1.90. The van der Waals surface area contributed by atoms with Gasteiger partial charge < -0.3 is 10.1 Å². The maximum absolute atomic E-state index is 12.2. The Balaban J connectivity index is 1.97. The van der Waals surface area contributed by atoms with Crippen LogP contribution in [0.1, 0.15) is 18.1 Å². The number of benzene rings is 2. The van der Waals surface area contributed by atoms with E-state index in [0.29, 0.717) is 12.2 Å². The summed E-state index contributed by atoms with van der Waals surface area (Å²) in [6, 6.07) is 13.9. The van der Waals surface area contributed by atoms with Gasteiger partial charge in [-0.2, -0.15) is 0 Å². The number of alkyl halides is 3. The van der Waals surface area contributed by atoms with Crippen molar-refractivity contribution in [3.05, 3.63) is 59.7 Å². The third-order valence-corrected chi connectivity index (χ3v) is 3.00. The lowest BCUT2D eigenvalue weighted by molar-refractivity contribution is -0.274. The number of hydrogen-bond acceptors (Lipinski definition) is 2. The summed E-state index contributed by atoms with van der Waals surface area (Å²) in [4.78, 5) is 0. The van der Waals surface area contributed by atoms with Crippen LogP contribution in [-0.4, -0.2) is 6.36 Å². The highest BCUT2D eigenvalue weighted by Gasteiger charge is 2.31. The highest BCUT2D eigenvalue weighted by Crippen LogP contribution is 2.25. The van der Waals surface area contributed by atoms with Crippen molar-refractivity contribution >= 4 is 5.69 Å². The molecule has 2 aromatic carbocycles. The van der Waals surface area contributed by atoms with E-state index in [0.717, 1.165) is 12.0 Å². The fourth-order valence-corrected chi connectivity index (χ4v) is 1.90. The van der Waals surface area contributed by atoms with Crippen molar-refractivity contribution in [1.29, 1.82) is 0 Å². The summed E-state index contributed by atoms with van der Waals surface area (Å²) < 4.78 is 40.3. The maximum Gasteiger partial charge on any atom is 0.573 e. The molecule has 0 aliphatic carbocycles. The van der Waals surface area contributed by atoms with E-state index < -0.39 is 6.36 Å². The Morgan fingerprint density at radius 2 is 1.67 bits per heavy atom. The van der Waals surface area contributed by atoms with Crippen molar-refractivity contribution in [3.63, 3.8) is 0 Å². The molecule has 0 aromatic heterocycles. The van der Waals surface area contributed by atoms with Gasteiger partial charge in [0, 0.05) is 18.3 Å². The first kappa shape index (κ1) is 15.2. The van der Waals surface area contributed by atoms with Crippen LogP contribution in [0, 0.1) is 0 Å². The van der Waals surface area contributed by atoms with Gasteiger partial charge in [0.15, 0.2) is 0 Å².